The summed E-state index contributed by atoms with van der Waals surface area (Å²) in [5, 5.41) is 0. The molecule has 0 radical (unpaired) electrons. The van der Waals surface area contributed by atoms with Gasteiger partial charge in [0.1, 0.15) is 11.5 Å². The van der Waals surface area contributed by atoms with Crippen LogP contribution in [-0.4, -0.2) is 13.0 Å². The number of ether oxygens (including phenoxy) is 1. The first-order chi connectivity index (χ1) is 12.5. The molecule has 0 aliphatic carbocycles. The molecule has 0 aliphatic rings. The zero-order valence-corrected chi connectivity index (χ0v) is 16.2. The maximum Gasteiger partial charge on any atom is 0.294 e. The maximum atomic E-state index is 11.2. The Labute approximate surface area is 157 Å². The molecule has 26 heavy (non-hydrogen) atoms. The molecule has 0 aromatic heterocycles. The molecule has 0 saturated heterocycles. The Hall–Kier alpha value is -1.85. The second-order valence-corrected chi connectivity index (χ2v) is 7.99. The highest BCUT2D eigenvalue weighted by Crippen LogP contribution is 2.25. The van der Waals surface area contributed by atoms with Crippen molar-refractivity contribution in [1.29, 1.82) is 0 Å². The van der Waals surface area contributed by atoms with Crippen molar-refractivity contribution in [3.8, 4) is 11.5 Å². The molecular formula is C21H28O4S. The Morgan fingerprint density at radius 2 is 1.46 bits per heavy atom. The molecule has 0 amide bonds. The first-order valence-electron chi connectivity index (χ1n) is 9.33. The van der Waals surface area contributed by atoms with Crippen LogP contribution in [0.15, 0.2) is 53.4 Å². The standard InChI is InChI=1S/C21H28O4S/c1-2-3-4-5-6-7-8-11-18-12-9-13-19(16-18)25-20-14-10-15-21(17-20)26(22,23)24/h9-10,12-17H,2-8,11H2,1H3,(H,22,23,24). The van der Waals surface area contributed by atoms with Crippen molar-refractivity contribution >= 4 is 10.1 Å². The number of rotatable bonds is 11. The van der Waals surface area contributed by atoms with Crippen LogP contribution < -0.4 is 4.74 Å². The molecule has 0 heterocycles. The van der Waals surface area contributed by atoms with Gasteiger partial charge in [-0.1, -0.05) is 63.6 Å². The van der Waals surface area contributed by atoms with E-state index < -0.39 is 10.1 Å². The van der Waals surface area contributed by atoms with E-state index in [0.717, 1.165) is 12.8 Å². The highest BCUT2D eigenvalue weighted by atomic mass is 32.2. The molecule has 4 nitrogen and oxygen atoms in total. The molecule has 0 saturated carbocycles. The molecule has 0 unspecified atom stereocenters. The Morgan fingerprint density at radius 3 is 2.15 bits per heavy atom. The predicted octanol–water partition coefficient (Wildman–Crippen LogP) is 6.02. The summed E-state index contributed by atoms with van der Waals surface area (Å²) >= 11 is 0. The third-order valence-corrected chi connectivity index (χ3v) is 5.16. The third kappa shape index (κ3) is 7.18. The Balaban J connectivity index is 1.87. The minimum absolute atomic E-state index is 0.172. The van der Waals surface area contributed by atoms with Gasteiger partial charge in [0.05, 0.1) is 4.90 Å². The largest absolute Gasteiger partial charge is 0.457 e. The lowest BCUT2D eigenvalue weighted by atomic mass is 10.0. The van der Waals surface area contributed by atoms with Gasteiger partial charge in [0, 0.05) is 6.07 Å². The second-order valence-electron chi connectivity index (χ2n) is 6.57. The lowest BCUT2D eigenvalue weighted by Gasteiger charge is -2.09. The van der Waals surface area contributed by atoms with Crippen molar-refractivity contribution in [2.45, 2.75) is 63.2 Å². The highest BCUT2D eigenvalue weighted by molar-refractivity contribution is 7.85. The van der Waals surface area contributed by atoms with E-state index in [-0.39, 0.29) is 4.90 Å². The maximum absolute atomic E-state index is 11.2. The number of unbranched alkanes of at least 4 members (excludes halogenated alkanes) is 6. The lowest BCUT2D eigenvalue weighted by Crippen LogP contribution is -1.98. The molecule has 0 aliphatic heterocycles. The van der Waals surface area contributed by atoms with E-state index >= 15 is 0 Å². The fraction of sp³-hybridized carbons (Fsp3) is 0.429. The number of hydrogen-bond acceptors (Lipinski definition) is 3. The van der Waals surface area contributed by atoms with Crippen molar-refractivity contribution in [2.75, 3.05) is 0 Å². The van der Waals surface area contributed by atoms with Crippen molar-refractivity contribution in [1.82, 2.24) is 0 Å². The van der Waals surface area contributed by atoms with Gasteiger partial charge in [-0.2, -0.15) is 8.42 Å². The molecule has 142 valence electrons. The zero-order valence-electron chi connectivity index (χ0n) is 15.4. The van der Waals surface area contributed by atoms with E-state index in [1.165, 1.54) is 56.2 Å². The van der Waals surface area contributed by atoms with Crippen LogP contribution in [0.25, 0.3) is 0 Å². The summed E-state index contributed by atoms with van der Waals surface area (Å²) < 4.78 is 37.3. The van der Waals surface area contributed by atoms with Crippen LogP contribution in [0.4, 0.5) is 0 Å². The molecule has 0 bridgehead atoms. The summed E-state index contributed by atoms with van der Waals surface area (Å²) in [5.74, 6) is 1.05. The van der Waals surface area contributed by atoms with E-state index in [9.17, 15) is 8.42 Å². The Kier molecular flexibility index (Phi) is 8.13. The van der Waals surface area contributed by atoms with Gasteiger partial charge < -0.3 is 4.74 Å². The van der Waals surface area contributed by atoms with Crippen molar-refractivity contribution in [2.24, 2.45) is 0 Å². The molecule has 1 N–H and O–H groups in total. The molecule has 0 spiro atoms. The van der Waals surface area contributed by atoms with Crippen LogP contribution in [-0.2, 0) is 16.5 Å². The van der Waals surface area contributed by atoms with Crippen molar-refractivity contribution in [3.63, 3.8) is 0 Å². The van der Waals surface area contributed by atoms with Crippen LogP contribution in [0.3, 0.4) is 0 Å². The van der Waals surface area contributed by atoms with Gasteiger partial charge in [0.15, 0.2) is 0 Å². The molecular weight excluding hydrogens is 348 g/mol. The third-order valence-electron chi connectivity index (χ3n) is 4.31. The molecule has 2 aromatic rings. The fourth-order valence-electron chi connectivity index (χ4n) is 2.88. The number of benzene rings is 2. The van der Waals surface area contributed by atoms with Gasteiger partial charge in [-0.3, -0.25) is 4.55 Å². The quantitative estimate of drug-likeness (QED) is 0.385. The van der Waals surface area contributed by atoms with Crippen molar-refractivity contribution in [3.05, 3.63) is 54.1 Å². The minimum Gasteiger partial charge on any atom is -0.457 e. The smallest absolute Gasteiger partial charge is 0.294 e. The van der Waals surface area contributed by atoms with Gasteiger partial charge in [0.25, 0.3) is 10.1 Å². The van der Waals surface area contributed by atoms with Gasteiger partial charge in [-0.05, 0) is 42.7 Å². The molecule has 2 aromatic carbocycles. The monoisotopic (exact) mass is 376 g/mol. The van der Waals surface area contributed by atoms with E-state index in [4.69, 9.17) is 9.29 Å². The first kappa shape index (κ1) is 20.5. The summed E-state index contributed by atoms with van der Waals surface area (Å²) in [5.41, 5.74) is 1.21. The van der Waals surface area contributed by atoms with Crippen LogP contribution in [0.2, 0.25) is 0 Å². The minimum atomic E-state index is -4.23. The Bertz CT molecular complexity index is 784. The van der Waals surface area contributed by atoms with E-state index in [2.05, 4.69) is 13.0 Å². The van der Waals surface area contributed by atoms with Gasteiger partial charge in [-0.25, -0.2) is 0 Å². The summed E-state index contributed by atoms with van der Waals surface area (Å²) in [6.07, 6.45) is 9.97. The predicted molar refractivity (Wildman–Crippen MR) is 104 cm³/mol. The van der Waals surface area contributed by atoms with Gasteiger partial charge >= 0.3 is 0 Å². The summed E-state index contributed by atoms with van der Waals surface area (Å²) in [7, 11) is -4.23. The average Bonchev–Trinajstić information content (AvgIpc) is 2.61. The average molecular weight is 377 g/mol. The first-order valence-corrected chi connectivity index (χ1v) is 10.8. The summed E-state index contributed by atoms with van der Waals surface area (Å²) in [6.45, 7) is 2.23. The normalized spacial score (nSPS) is 11.5. The zero-order chi connectivity index (χ0) is 18.8. The van der Waals surface area contributed by atoms with Gasteiger partial charge in [-0.15, -0.1) is 0 Å². The van der Waals surface area contributed by atoms with Crippen LogP contribution in [0.5, 0.6) is 11.5 Å². The van der Waals surface area contributed by atoms with E-state index in [1.807, 2.05) is 18.2 Å². The second kappa shape index (κ2) is 10.3. The Morgan fingerprint density at radius 1 is 0.846 bits per heavy atom. The SMILES string of the molecule is CCCCCCCCCc1cccc(Oc2cccc(S(=O)(=O)O)c2)c1. The fourth-order valence-corrected chi connectivity index (χ4v) is 3.40. The topological polar surface area (TPSA) is 63.6 Å². The molecule has 5 heteroatoms. The highest BCUT2D eigenvalue weighted by Gasteiger charge is 2.10. The van der Waals surface area contributed by atoms with Crippen LogP contribution in [0.1, 0.15) is 57.4 Å². The van der Waals surface area contributed by atoms with Crippen molar-refractivity contribution < 1.29 is 17.7 Å². The molecule has 2 rings (SSSR count). The summed E-state index contributed by atoms with van der Waals surface area (Å²) in [4.78, 5) is -0.172. The molecule has 0 fully saturated rings. The summed E-state index contributed by atoms with van der Waals surface area (Å²) in [6, 6.07) is 13.7. The number of aryl methyl sites for hydroxylation is 1. The van der Waals surface area contributed by atoms with Gasteiger partial charge in [0.2, 0.25) is 0 Å². The van der Waals surface area contributed by atoms with Crippen LogP contribution >= 0.6 is 0 Å². The molecule has 0 atom stereocenters. The van der Waals surface area contributed by atoms with Crippen LogP contribution in [0, 0.1) is 0 Å². The van der Waals surface area contributed by atoms with E-state index in [1.54, 1.807) is 12.1 Å². The van der Waals surface area contributed by atoms with E-state index in [0.29, 0.717) is 11.5 Å². The number of hydrogen-bond donors (Lipinski definition) is 1. The lowest BCUT2D eigenvalue weighted by molar-refractivity contribution is 0.471.